The molecule has 1 aromatic heterocycles. The van der Waals surface area contributed by atoms with Crippen LogP contribution in [0.1, 0.15) is 28.8 Å². The number of ketones is 1. The highest BCUT2D eigenvalue weighted by Crippen LogP contribution is 2.28. The molecule has 0 saturated heterocycles. The molecule has 1 unspecified atom stereocenters. The maximum absolute atomic E-state index is 12.6. The van der Waals surface area contributed by atoms with E-state index in [2.05, 4.69) is 4.98 Å². The molecule has 0 radical (unpaired) electrons. The van der Waals surface area contributed by atoms with Crippen molar-refractivity contribution in [2.45, 2.75) is 25.4 Å². The summed E-state index contributed by atoms with van der Waals surface area (Å²) in [6.07, 6.45) is 2.74. The van der Waals surface area contributed by atoms with Crippen molar-refractivity contribution >= 4 is 11.6 Å². The molecule has 2 aromatic rings. The fourth-order valence-electron chi connectivity index (χ4n) is 2.64. The Bertz CT molecular complexity index is 730. The Kier molecular flexibility index (Phi) is 3.82. The summed E-state index contributed by atoms with van der Waals surface area (Å²) in [6.45, 7) is 0. The molecule has 0 N–H and O–H groups in total. The van der Waals surface area contributed by atoms with Crippen LogP contribution in [0.5, 0.6) is 5.75 Å². The Labute approximate surface area is 126 Å². The minimum Gasteiger partial charge on any atom is -0.474 e. The number of carbonyl (C=O) groups is 1. The highest BCUT2D eigenvalue weighted by Gasteiger charge is 2.29. The molecule has 1 aliphatic rings. The first-order valence-electron chi connectivity index (χ1n) is 7.05. The smallest absolute Gasteiger partial charge is 0.406 e. The molecule has 1 aromatic carbocycles. The summed E-state index contributed by atoms with van der Waals surface area (Å²) in [5.74, 6) is -0.468. The number of nitro groups is 1. The third kappa shape index (κ3) is 2.67. The zero-order valence-corrected chi connectivity index (χ0v) is 11.8. The summed E-state index contributed by atoms with van der Waals surface area (Å²) in [5.41, 5.74) is 1.64. The highest BCUT2D eigenvalue weighted by atomic mass is 16.6. The van der Waals surface area contributed by atoms with Gasteiger partial charge in [-0.15, -0.1) is 0 Å². The molecule has 0 saturated carbocycles. The van der Waals surface area contributed by atoms with E-state index in [-0.39, 0.29) is 17.4 Å². The van der Waals surface area contributed by atoms with E-state index in [1.807, 2.05) is 18.2 Å². The minimum absolute atomic E-state index is 0.0326. The van der Waals surface area contributed by atoms with Crippen LogP contribution in [0.25, 0.3) is 0 Å². The number of pyridine rings is 1. The second-order valence-corrected chi connectivity index (χ2v) is 5.10. The van der Waals surface area contributed by atoms with Crippen molar-refractivity contribution in [3.63, 3.8) is 0 Å². The zero-order chi connectivity index (χ0) is 15.5. The van der Waals surface area contributed by atoms with Crippen LogP contribution in [0, 0.1) is 10.1 Å². The topological polar surface area (TPSA) is 82.3 Å². The Morgan fingerprint density at radius 2 is 2.05 bits per heavy atom. The van der Waals surface area contributed by atoms with Gasteiger partial charge in [-0.3, -0.25) is 4.79 Å². The van der Waals surface area contributed by atoms with Crippen molar-refractivity contribution in [1.29, 1.82) is 0 Å². The lowest BCUT2D eigenvalue weighted by molar-refractivity contribution is -0.390. The molecular formula is C16H14N2O4. The maximum Gasteiger partial charge on any atom is 0.406 e. The molecular weight excluding hydrogens is 284 g/mol. The van der Waals surface area contributed by atoms with E-state index in [4.69, 9.17) is 4.74 Å². The largest absolute Gasteiger partial charge is 0.474 e. The van der Waals surface area contributed by atoms with Crippen LogP contribution in [0.4, 0.5) is 5.82 Å². The molecule has 112 valence electrons. The number of hydrogen-bond donors (Lipinski definition) is 0. The Balaban J connectivity index is 1.90. The van der Waals surface area contributed by atoms with Crippen molar-refractivity contribution in [2.24, 2.45) is 0 Å². The van der Waals surface area contributed by atoms with Crippen molar-refractivity contribution < 1.29 is 14.5 Å². The molecule has 1 heterocycles. The van der Waals surface area contributed by atoms with Crippen molar-refractivity contribution in [3.05, 3.63) is 63.8 Å². The molecule has 0 fully saturated rings. The Morgan fingerprint density at radius 1 is 1.23 bits per heavy atom. The molecule has 22 heavy (non-hydrogen) atoms. The number of hydrogen-bond acceptors (Lipinski definition) is 5. The van der Waals surface area contributed by atoms with Crippen LogP contribution in [0.2, 0.25) is 0 Å². The van der Waals surface area contributed by atoms with Gasteiger partial charge in [0.2, 0.25) is 11.5 Å². The van der Waals surface area contributed by atoms with E-state index in [0.717, 1.165) is 18.4 Å². The molecule has 0 aliphatic heterocycles. The van der Waals surface area contributed by atoms with Gasteiger partial charge in [-0.05, 0) is 46.9 Å². The number of carbonyl (C=O) groups excluding carboxylic acids is 1. The van der Waals surface area contributed by atoms with E-state index < -0.39 is 11.0 Å². The molecule has 0 spiro atoms. The molecule has 1 aliphatic carbocycles. The number of benzene rings is 1. The van der Waals surface area contributed by atoms with Gasteiger partial charge in [-0.1, -0.05) is 24.3 Å². The number of aryl methyl sites for hydroxylation is 1. The van der Waals surface area contributed by atoms with Gasteiger partial charge < -0.3 is 14.9 Å². The molecule has 1 atom stereocenters. The van der Waals surface area contributed by atoms with Gasteiger partial charge in [0.1, 0.15) is 6.20 Å². The Hall–Kier alpha value is -2.76. The Morgan fingerprint density at radius 3 is 2.86 bits per heavy atom. The first-order valence-corrected chi connectivity index (χ1v) is 7.05. The van der Waals surface area contributed by atoms with Crippen LogP contribution in [-0.4, -0.2) is 21.8 Å². The first-order chi connectivity index (χ1) is 10.7. The van der Waals surface area contributed by atoms with Gasteiger partial charge in [0.25, 0.3) is 0 Å². The molecule has 6 nitrogen and oxygen atoms in total. The van der Waals surface area contributed by atoms with Crippen molar-refractivity contribution in [3.8, 4) is 5.75 Å². The highest BCUT2D eigenvalue weighted by molar-refractivity contribution is 6.01. The average Bonchev–Trinajstić information content (AvgIpc) is 2.68. The lowest BCUT2D eigenvalue weighted by Gasteiger charge is -2.15. The second kappa shape index (κ2) is 5.93. The second-order valence-electron chi connectivity index (χ2n) is 5.10. The third-order valence-electron chi connectivity index (χ3n) is 3.68. The van der Waals surface area contributed by atoms with Crippen molar-refractivity contribution in [2.75, 3.05) is 0 Å². The normalized spacial score (nSPS) is 17.5. The van der Waals surface area contributed by atoms with Gasteiger partial charge >= 0.3 is 5.82 Å². The number of nitrogens with zero attached hydrogens (tertiary/aromatic N) is 2. The minimum atomic E-state index is -0.716. The van der Waals surface area contributed by atoms with Gasteiger partial charge in [0.15, 0.2) is 6.10 Å². The van der Waals surface area contributed by atoms with Gasteiger partial charge in [-0.2, -0.15) is 0 Å². The molecule has 0 amide bonds. The first kappa shape index (κ1) is 14.2. The monoisotopic (exact) mass is 298 g/mol. The summed E-state index contributed by atoms with van der Waals surface area (Å²) in [5, 5.41) is 11.0. The summed E-state index contributed by atoms with van der Waals surface area (Å²) in [6, 6.07) is 10.4. The number of fused-ring (bicyclic) bond motifs is 1. The molecule has 6 heteroatoms. The van der Waals surface area contributed by atoms with Crippen LogP contribution >= 0.6 is 0 Å². The third-order valence-corrected chi connectivity index (χ3v) is 3.68. The predicted octanol–water partition coefficient (Wildman–Crippen LogP) is 2.96. The SMILES string of the molecule is O=C1c2ccccc2CCCC1Oc1cccnc1[N+](=O)[O-]. The van der Waals surface area contributed by atoms with Crippen LogP contribution < -0.4 is 4.74 Å². The van der Waals surface area contributed by atoms with E-state index in [9.17, 15) is 14.9 Å². The fraction of sp³-hybridized carbons (Fsp3) is 0.250. The predicted molar refractivity (Wildman–Crippen MR) is 79.0 cm³/mol. The van der Waals surface area contributed by atoms with E-state index in [0.29, 0.717) is 12.0 Å². The summed E-state index contributed by atoms with van der Waals surface area (Å²) < 4.78 is 5.64. The lowest BCUT2D eigenvalue weighted by atomic mass is 10.0. The lowest BCUT2D eigenvalue weighted by Crippen LogP contribution is -2.27. The van der Waals surface area contributed by atoms with Crippen LogP contribution in [-0.2, 0) is 6.42 Å². The van der Waals surface area contributed by atoms with Gasteiger partial charge in [-0.25, -0.2) is 0 Å². The van der Waals surface area contributed by atoms with Crippen molar-refractivity contribution in [1.82, 2.24) is 4.98 Å². The van der Waals surface area contributed by atoms with E-state index in [1.165, 1.54) is 12.3 Å². The molecule has 3 rings (SSSR count). The van der Waals surface area contributed by atoms with E-state index in [1.54, 1.807) is 12.1 Å². The van der Waals surface area contributed by atoms with Crippen LogP contribution in [0.15, 0.2) is 42.6 Å². The average molecular weight is 298 g/mol. The van der Waals surface area contributed by atoms with Gasteiger partial charge in [0, 0.05) is 5.56 Å². The van der Waals surface area contributed by atoms with Crippen LogP contribution in [0.3, 0.4) is 0 Å². The number of ether oxygens (including phenoxy) is 1. The van der Waals surface area contributed by atoms with E-state index >= 15 is 0 Å². The summed E-state index contributed by atoms with van der Waals surface area (Å²) in [7, 11) is 0. The standard InChI is InChI=1S/C16H14N2O4/c19-15-12-7-2-1-5-11(12)6-3-8-13(15)22-14-9-4-10-17-16(14)18(20)21/h1-2,4-5,7,9-10,13H,3,6,8H2. The number of Topliss-reactive ketones (excluding diaryl/α,β-unsaturated/α-hetero) is 1. The fourth-order valence-corrected chi connectivity index (χ4v) is 2.64. The number of aromatic nitrogens is 1. The summed E-state index contributed by atoms with van der Waals surface area (Å²) >= 11 is 0. The zero-order valence-electron chi connectivity index (χ0n) is 11.8. The quantitative estimate of drug-likeness (QED) is 0.494. The molecule has 0 bridgehead atoms. The number of rotatable bonds is 3. The summed E-state index contributed by atoms with van der Waals surface area (Å²) in [4.78, 5) is 26.7. The van der Waals surface area contributed by atoms with Gasteiger partial charge in [0.05, 0.1) is 0 Å². The maximum atomic E-state index is 12.6.